The zero-order chi connectivity index (χ0) is 20.9. The van der Waals surface area contributed by atoms with Crippen LogP contribution in [-0.2, 0) is 5.75 Å². The second kappa shape index (κ2) is 9.69. The molecule has 0 saturated carbocycles. The van der Waals surface area contributed by atoms with Crippen molar-refractivity contribution in [3.63, 3.8) is 0 Å². The summed E-state index contributed by atoms with van der Waals surface area (Å²) in [6.45, 7) is 2.61. The second-order valence-electron chi connectivity index (χ2n) is 6.49. The molecule has 0 bridgehead atoms. The van der Waals surface area contributed by atoms with E-state index in [0.717, 1.165) is 38.2 Å². The van der Waals surface area contributed by atoms with Gasteiger partial charge in [-0.3, -0.25) is 4.57 Å². The maximum absolute atomic E-state index is 6.07. The maximum atomic E-state index is 6.07. The van der Waals surface area contributed by atoms with E-state index >= 15 is 0 Å². The third-order valence-corrected chi connectivity index (χ3v) is 6.20. The third-order valence-electron chi connectivity index (χ3n) is 4.42. The molecule has 0 spiro atoms. The van der Waals surface area contributed by atoms with Crippen LogP contribution < -0.4 is 4.74 Å². The van der Waals surface area contributed by atoms with Crippen LogP contribution in [0.25, 0.3) is 17.1 Å². The first-order valence-corrected chi connectivity index (χ1v) is 11.6. The predicted octanol–water partition coefficient (Wildman–Crippen LogP) is 7.04. The van der Waals surface area contributed by atoms with Crippen molar-refractivity contribution in [2.75, 3.05) is 6.61 Å². The molecule has 0 atom stereocenters. The number of ether oxygens (including phenoxy) is 1. The summed E-state index contributed by atoms with van der Waals surface area (Å²) in [5, 5.41) is 10.5. The first-order valence-electron chi connectivity index (χ1n) is 9.46. The van der Waals surface area contributed by atoms with Crippen molar-refractivity contribution in [3.8, 4) is 22.8 Å². The van der Waals surface area contributed by atoms with Gasteiger partial charge in [-0.25, -0.2) is 0 Å². The van der Waals surface area contributed by atoms with Crippen molar-refractivity contribution in [2.45, 2.75) is 17.8 Å². The van der Waals surface area contributed by atoms with Gasteiger partial charge in [0.05, 0.1) is 6.61 Å². The Morgan fingerprint density at radius 1 is 0.933 bits per heavy atom. The van der Waals surface area contributed by atoms with E-state index < -0.39 is 0 Å². The van der Waals surface area contributed by atoms with Crippen molar-refractivity contribution in [2.24, 2.45) is 0 Å². The summed E-state index contributed by atoms with van der Waals surface area (Å²) >= 11 is 11.2. The number of halogens is 2. The van der Waals surface area contributed by atoms with E-state index in [-0.39, 0.29) is 0 Å². The quantitative estimate of drug-likeness (QED) is 0.255. The van der Waals surface area contributed by atoms with Crippen molar-refractivity contribution in [1.82, 2.24) is 14.8 Å². The molecule has 0 fully saturated rings. The summed E-state index contributed by atoms with van der Waals surface area (Å²) in [4.78, 5) is 0. The van der Waals surface area contributed by atoms with E-state index in [1.807, 2.05) is 67.6 Å². The van der Waals surface area contributed by atoms with Crippen LogP contribution in [0.15, 0.2) is 82.4 Å². The standard InChI is InChI=1S/C23H19BrClN3OS/c1-2-29-21-13-11-20(12-14-21)28-22(17-5-9-19(25)10-6-17)26-27-23(28)30-15-16-3-7-18(24)8-4-16/h3-14H,2,15H2,1H3. The Morgan fingerprint density at radius 3 is 2.30 bits per heavy atom. The lowest BCUT2D eigenvalue weighted by Gasteiger charge is -2.12. The van der Waals surface area contributed by atoms with E-state index in [1.165, 1.54) is 5.56 Å². The first-order chi connectivity index (χ1) is 14.6. The maximum Gasteiger partial charge on any atom is 0.196 e. The molecule has 7 heteroatoms. The van der Waals surface area contributed by atoms with Crippen LogP contribution in [0, 0.1) is 0 Å². The second-order valence-corrected chi connectivity index (χ2v) is 8.79. The number of hydrogen-bond acceptors (Lipinski definition) is 4. The molecule has 4 aromatic rings. The fourth-order valence-electron chi connectivity index (χ4n) is 2.97. The van der Waals surface area contributed by atoms with E-state index in [4.69, 9.17) is 16.3 Å². The van der Waals surface area contributed by atoms with Gasteiger partial charge < -0.3 is 4.74 Å². The van der Waals surface area contributed by atoms with Crippen molar-refractivity contribution in [3.05, 3.63) is 87.9 Å². The van der Waals surface area contributed by atoms with Crippen LogP contribution in [-0.4, -0.2) is 21.4 Å². The molecule has 0 saturated heterocycles. The van der Waals surface area contributed by atoms with Crippen LogP contribution in [0.4, 0.5) is 0 Å². The number of rotatable bonds is 7. The highest BCUT2D eigenvalue weighted by molar-refractivity contribution is 9.10. The first kappa shape index (κ1) is 21.0. The predicted molar refractivity (Wildman–Crippen MR) is 127 cm³/mol. The zero-order valence-electron chi connectivity index (χ0n) is 16.3. The van der Waals surface area contributed by atoms with Crippen molar-refractivity contribution < 1.29 is 4.74 Å². The topological polar surface area (TPSA) is 39.9 Å². The lowest BCUT2D eigenvalue weighted by molar-refractivity contribution is 0.340. The number of hydrogen-bond donors (Lipinski definition) is 0. The zero-order valence-corrected chi connectivity index (χ0v) is 19.4. The highest BCUT2D eigenvalue weighted by Crippen LogP contribution is 2.31. The van der Waals surface area contributed by atoms with E-state index in [9.17, 15) is 0 Å². The van der Waals surface area contributed by atoms with Gasteiger partial charge in [0.2, 0.25) is 0 Å². The summed E-state index contributed by atoms with van der Waals surface area (Å²) < 4.78 is 8.73. The molecular weight excluding hydrogens is 482 g/mol. The monoisotopic (exact) mass is 499 g/mol. The summed E-state index contributed by atoms with van der Waals surface area (Å²) in [5.74, 6) is 2.41. The molecule has 0 N–H and O–H groups in total. The van der Waals surface area contributed by atoms with Gasteiger partial charge in [0.25, 0.3) is 0 Å². The minimum Gasteiger partial charge on any atom is -0.494 e. The number of nitrogens with zero attached hydrogens (tertiary/aromatic N) is 3. The number of benzene rings is 3. The van der Waals surface area contributed by atoms with Gasteiger partial charge in [-0.05, 0) is 73.2 Å². The Labute approximate surface area is 193 Å². The average molecular weight is 501 g/mol. The molecule has 30 heavy (non-hydrogen) atoms. The number of thioether (sulfide) groups is 1. The molecule has 0 aliphatic carbocycles. The van der Waals surface area contributed by atoms with Crippen LogP contribution in [0.5, 0.6) is 5.75 Å². The Kier molecular flexibility index (Phi) is 6.77. The highest BCUT2D eigenvalue weighted by atomic mass is 79.9. The molecule has 0 aliphatic heterocycles. The minimum absolute atomic E-state index is 0.635. The normalized spacial score (nSPS) is 10.9. The molecular formula is C23H19BrClN3OS. The largest absolute Gasteiger partial charge is 0.494 e. The van der Waals surface area contributed by atoms with Crippen LogP contribution in [0.1, 0.15) is 12.5 Å². The molecule has 152 valence electrons. The molecule has 4 nitrogen and oxygen atoms in total. The fourth-order valence-corrected chi connectivity index (χ4v) is 4.27. The lowest BCUT2D eigenvalue weighted by atomic mass is 10.2. The molecule has 0 radical (unpaired) electrons. The van der Waals surface area contributed by atoms with Gasteiger partial charge in [-0.1, -0.05) is 51.4 Å². The fraction of sp³-hybridized carbons (Fsp3) is 0.130. The van der Waals surface area contributed by atoms with Crippen LogP contribution in [0.2, 0.25) is 5.02 Å². The van der Waals surface area contributed by atoms with Gasteiger partial charge in [0.1, 0.15) is 5.75 Å². The lowest BCUT2D eigenvalue weighted by Crippen LogP contribution is -2.00. The smallest absolute Gasteiger partial charge is 0.196 e. The Bertz CT molecular complexity index is 1110. The van der Waals surface area contributed by atoms with Crippen LogP contribution >= 0.6 is 39.3 Å². The summed E-state index contributed by atoms with van der Waals surface area (Å²) in [5.41, 5.74) is 3.15. The summed E-state index contributed by atoms with van der Waals surface area (Å²) in [7, 11) is 0. The average Bonchev–Trinajstić information content (AvgIpc) is 3.18. The van der Waals surface area contributed by atoms with Crippen LogP contribution in [0.3, 0.4) is 0 Å². The molecule has 0 unspecified atom stereocenters. The Balaban J connectivity index is 1.70. The van der Waals surface area contributed by atoms with Gasteiger partial charge in [0.15, 0.2) is 11.0 Å². The van der Waals surface area contributed by atoms with Gasteiger partial charge in [0, 0.05) is 26.5 Å². The Morgan fingerprint density at radius 2 is 1.63 bits per heavy atom. The van der Waals surface area contributed by atoms with Crippen molar-refractivity contribution in [1.29, 1.82) is 0 Å². The number of aromatic nitrogens is 3. The van der Waals surface area contributed by atoms with Gasteiger partial charge in [-0.2, -0.15) is 0 Å². The third kappa shape index (κ3) is 4.89. The molecule has 1 aromatic heterocycles. The van der Waals surface area contributed by atoms with E-state index in [0.29, 0.717) is 11.6 Å². The van der Waals surface area contributed by atoms with E-state index in [2.05, 4.69) is 42.8 Å². The molecule has 0 aliphatic rings. The van der Waals surface area contributed by atoms with Crippen molar-refractivity contribution >= 4 is 39.3 Å². The van der Waals surface area contributed by atoms with Gasteiger partial charge in [-0.15, -0.1) is 10.2 Å². The SMILES string of the molecule is CCOc1ccc(-n2c(SCc3ccc(Br)cc3)nnc2-c2ccc(Cl)cc2)cc1. The van der Waals surface area contributed by atoms with E-state index in [1.54, 1.807) is 11.8 Å². The molecule has 3 aromatic carbocycles. The minimum atomic E-state index is 0.635. The highest BCUT2D eigenvalue weighted by Gasteiger charge is 2.16. The Hall–Kier alpha value is -2.28. The summed E-state index contributed by atoms with van der Waals surface area (Å²) in [6, 6.07) is 23.9. The molecule has 1 heterocycles. The summed E-state index contributed by atoms with van der Waals surface area (Å²) in [6.07, 6.45) is 0. The molecule has 0 amide bonds. The molecule has 4 rings (SSSR count). The van der Waals surface area contributed by atoms with Gasteiger partial charge >= 0.3 is 0 Å².